The number of benzene rings is 2. The third kappa shape index (κ3) is 4.20. The minimum atomic E-state index is -0.988. The summed E-state index contributed by atoms with van der Waals surface area (Å²) >= 11 is 1.30. The predicted molar refractivity (Wildman–Crippen MR) is 106 cm³/mol. The number of aliphatic imine (C=N–C) groups is 1. The van der Waals surface area contributed by atoms with Crippen LogP contribution in [0.3, 0.4) is 0 Å². The molecule has 0 aromatic heterocycles. The van der Waals surface area contributed by atoms with Gasteiger partial charge < -0.3 is 9.84 Å². The second kappa shape index (κ2) is 8.09. The topological polar surface area (TPSA) is 79.2 Å². The molecule has 0 atom stereocenters. The second-order valence-electron chi connectivity index (χ2n) is 5.68. The van der Waals surface area contributed by atoms with Crippen molar-refractivity contribution in [3.05, 3.63) is 64.6 Å². The molecule has 1 fully saturated rings. The molecule has 0 aliphatic carbocycles. The molecular formula is C20H18N2O4S. The van der Waals surface area contributed by atoms with E-state index in [1.54, 1.807) is 24.1 Å². The number of amidine groups is 1. The Labute approximate surface area is 161 Å². The Balaban J connectivity index is 1.89. The summed E-state index contributed by atoms with van der Waals surface area (Å²) in [5.41, 5.74) is 1.66. The first-order chi connectivity index (χ1) is 13.0. The van der Waals surface area contributed by atoms with E-state index in [9.17, 15) is 9.59 Å². The highest BCUT2D eigenvalue weighted by Gasteiger charge is 2.32. The molecule has 3 rings (SSSR count). The van der Waals surface area contributed by atoms with E-state index in [0.717, 1.165) is 11.3 Å². The van der Waals surface area contributed by atoms with E-state index in [2.05, 4.69) is 4.99 Å². The lowest BCUT2D eigenvalue weighted by atomic mass is 10.2. The minimum absolute atomic E-state index is 0.105. The van der Waals surface area contributed by atoms with Gasteiger partial charge in [-0.05, 0) is 66.7 Å². The molecule has 1 aliphatic rings. The van der Waals surface area contributed by atoms with Crippen molar-refractivity contribution in [3.8, 4) is 5.75 Å². The molecule has 2 aromatic rings. The van der Waals surface area contributed by atoms with Crippen LogP contribution >= 0.6 is 11.8 Å². The van der Waals surface area contributed by atoms with Crippen LogP contribution in [-0.2, 0) is 4.79 Å². The molecule has 6 nitrogen and oxygen atoms in total. The Morgan fingerprint density at radius 3 is 2.63 bits per heavy atom. The van der Waals surface area contributed by atoms with Crippen LogP contribution in [-0.4, -0.2) is 40.7 Å². The number of rotatable bonds is 5. The van der Waals surface area contributed by atoms with E-state index in [1.807, 2.05) is 37.3 Å². The molecule has 0 unspecified atom stereocenters. The number of carbonyl (C=O) groups is 2. The number of carboxylic acids is 1. The highest BCUT2D eigenvalue weighted by Crippen LogP contribution is 2.34. The highest BCUT2D eigenvalue weighted by molar-refractivity contribution is 8.18. The number of carboxylic acid groups (broad SMARTS) is 1. The lowest BCUT2D eigenvalue weighted by molar-refractivity contribution is -0.122. The van der Waals surface area contributed by atoms with Crippen LogP contribution in [0.1, 0.15) is 22.8 Å². The molecule has 7 heteroatoms. The van der Waals surface area contributed by atoms with E-state index in [4.69, 9.17) is 9.84 Å². The first-order valence-corrected chi connectivity index (χ1v) is 9.11. The van der Waals surface area contributed by atoms with Crippen molar-refractivity contribution in [2.75, 3.05) is 13.7 Å². The van der Waals surface area contributed by atoms with Gasteiger partial charge in [-0.3, -0.25) is 9.69 Å². The minimum Gasteiger partial charge on any atom is -0.497 e. The summed E-state index contributed by atoms with van der Waals surface area (Å²) in [5.74, 6) is -0.371. The number of thioether (sulfide) groups is 1. The normalized spacial score (nSPS) is 17.0. The van der Waals surface area contributed by atoms with Gasteiger partial charge in [0, 0.05) is 6.54 Å². The van der Waals surface area contributed by atoms with Crippen molar-refractivity contribution in [2.24, 2.45) is 4.99 Å². The maximum Gasteiger partial charge on any atom is 0.335 e. The van der Waals surface area contributed by atoms with Gasteiger partial charge in [-0.2, -0.15) is 0 Å². The van der Waals surface area contributed by atoms with Crippen LogP contribution in [0.5, 0.6) is 5.75 Å². The van der Waals surface area contributed by atoms with Gasteiger partial charge in [-0.15, -0.1) is 0 Å². The van der Waals surface area contributed by atoms with Crippen LogP contribution in [0.25, 0.3) is 6.08 Å². The fraction of sp³-hybridized carbons (Fsp3) is 0.150. The summed E-state index contributed by atoms with van der Waals surface area (Å²) in [7, 11) is 1.60. The lowest BCUT2D eigenvalue weighted by Crippen LogP contribution is -2.28. The van der Waals surface area contributed by atoms with E-state index >= 15 is 0 Å². The molecule has 1 heterocycles. The smallest absolute Gasteiger partial charge is 0.335 e. The standard InChI is InChI=1S/C20H18N2O4S/c1-3-22-18(23)17(12-13-5-4-6-16(11-13)26-2)27-20(22)21-15-9-7-14(8-10-15)19(24)25/h4-12H,3H2,1-2H3,(H,24,25)/b17-12+,21-20?. The monoisotopic (exact) mass is 382 g/mol. The van der Waals surface area contributed by atoms with Gasteiger partial charge in [0.15, 0.2) is 5.17 Å². The van der Waals surface area contributed by atoms with Crippen LogP contribution in [0.4, 0.5) is 5.69 Å². The Kier molecular flexibility index (Phi) is 5.61. The average Bonchev–Trinajstić information content (AvgIpc) is 2.96. The van der Waals surface area contributed by atoms with E-state index in [0.29, 0.717) is 22.3 Å². The Hall–Kier alpha value is -3.06. The molecule has 27 heavy (non-hydrogen) atoms. The SMILES string of the molecule is CCN1C(=O)/C(=C\c2cccc(OC)c2)SC1=Nc1ccc(C(=O)O)cc1. The number of aromatic carboxylic acids is 1. The van der Waals surface area contributed by atoms with Gasteiger partial charge in [-0.25, -0.2) is 9.79 Å². The van der Waals surface area contributed by atoms with Crippen LogP contribution < -0.4 is 4.74 Å². The Bertz CT molecular complexity index is 935. The number of ether oxygens (including phenoxy) is 1. The van der Waals surface area contributed by atoms with Gasteiger partial charge in [-0.1, -0.05) is 12.1 Å². The van der Waals surface area contributed by atoms with Crippen molar-refractivity contribution in [2.45, 2.75) is 6.92 Å². The quantitative estimate of drug-likeness (QED) is 0.790. The zero-order valence-corrected chi connectivity index (χ0v) is 15.7. The van der Waals surface area contributed by atoms with Crippen molar-refractivity contribution >= 4 is 40.6 Å². The Morgan fingerprint density at radius 2 is 2.00 bits per heavy atom. The number of nitrogens with zero attached hydrogens (tertiary/aromatic N) is 2. The van der Waals surface area contributed by atoms with Crippen LogP contribution in [0.2, 0.25) is 0 Å². The number of carbonyl (C=O) groups excluding carboxylic acids is 1. The molecule has 1 saturated heterocycles. The molecule has 1 amide bonds. The fourth-order valence-electron chi connectivity index (χ4n) is 2.54. The first-order valence-electron chi connectivity index (χ1n) is 8.29. The van der Waals surface area contributed by atoms with Gasteiger partial charge in [0.2, 0.25) is 0 Å². The van der Waals surface area contributed by atoms with Gasteiger partial charge in [0.1, 0.15) is 5.75 Å². The summed E-state index contributed by atoms with van der Waals surface area (Å²) < 4.78 is 5.22. The van der Waals surface area contributed by atoms with E-state index in [-0.39, 0.29) is 11.5 Å². The molecule has 0 saturated carbocycles. The molecule has 0 radical (unpaired) electrons. The average molecular weight is 382 g/mol. The van der Waals surface area contributed by atoms with E-state index < -0.39 is 5.97 Å². The molecule has 1 N–H and O–H groups in total. The number of hydrogen-bond acceptors (Lipinski definition) is 5. The second-order valence-corrected chi connectivity index (χ2v) is 6.69. The zero-order chi connectivity index (χ0) is 19.4. The van der Waals surface area contributed by atoms with Crippen molar-refractivity contribution in [1.82, 2.24) is 4.90 Å². The summed E-state index contributed by atoms with van der Waals surface area (Å²) in [6, 6.07) is 13.7. The maximum absolute atomic E-state index is 12.7. The van der Waals surface area contributed by atoms with Gasteiger partial charge >= 0.3 is 5.97 Å². The summed E-state index contributed by atoms with van der Waals surface area (Å²) in [6.07, 6.45) is 1.81. The molecule has 2 aromatic carbocycles. The molecular weight excluding hydrogens is 364 g/mol. The third-order valence-electron chi connectivity index (χ3n) is 3.93. The van der Waals surface area contributed by atoms with Crippen LogP contribution in [0.15, 0.2) is 58.4 Å². The summed E-state index contributed by atoms with van der Waals surface area (Å²) in [6.45, 7) is 2.38. The lowest BCUT2D eigenvalue weighted by Gasteiger charge is -2.12. The van der Waals surface area contributed by atoms with Crippen molar-refractivity contribution < 1.29 is 19.4 Å². The van der Waals surface area contributed by atoms with Gasteiger partial charge in [0.25, 0.3) is 5.91 Å². The zero-order valence-electron chi connectivity index (χ0n) is 14.9. The number of likely N-dealkylation sites (N-methyl/N-ethyl adjacent to an activating group) is 1. The first kappa shape index (κ1) is 18.7. The summed E-state index contributed by atoms with van der Waals surface area (Å²) in [5, 5.41) is 9.55. The third-order valence-corrected chi connectivity index (χ3v) is 4.94. The molecule has 0 bridgehead atoms. The summed E-state index contributed by atoms with van der Waals surface area (Å²) in [4.78, 5) is 30.3. The maximum atomic E-state index is 12.7. The Morgan fingerprint density at radius 1 is 1.26 bits per heavy atom. The van der Waals surface area contributed by atoms with Crippen molar-refractivity contribution in [1.29, 1.82) is 0 Å². The van der Waals surface area contributed by atoms with E-state index in [1.165, 1.54) is 23.9 Å². The fourth-order valence-corrected chi connectivity index (χ4v) is 3.60. The van der Waals surface area contributed by atoms with Gasteiger partial charge in [0.05, 0.1) is 23.3 Å². The molecule has 1 aliphatic heterocycles. The van der Waals surface area contributed by atoms with Crippen molar-refractivity contribution in [3.63, 3.8) is 0 Å². The number of amides is 1. The highest BCUT2D eigenvalue weighted by atomic mass is 32.2. The largest absolute Gasteiger partial charge is 0.497 e. The van der Waals surface area contributed by atoms with Crippen LogP contribution in [0, 0.1) is 0 Å². The number of methoxy groups -OCH3 is 1. The number of hydrogen-bond donors (Lipinski definition) is 1. The predicted octanol–water partition coefficient (Wildman–Crippen LogP) is 4.02. The molecule has 0 spiro atoms. The molecule has 138 valence electrons.